The van der Waals surface area contributed by atoms with E-state index < -0.39 is 0 Å². The van der Waals surface area contributed by atoms with Crippen LogP contribution in [-0.2, 0) is 13.1 Å². The van der Waals surface area contributed by atoms with Crippen molar-refractivity contribution >= 4 is 5.96 Å². The number of para-hydroxylation sites is 1. The van der Waals surface area contributed by atoms with E-state index in [0.717, 1.165) is 23.8 Å². The minimum absolute atomic E-state index is 0.650. The van der Waals surface area contributed by atoms with Crippen molar-refractivity contribution in [3.63, 3.8) is 0 Å². The van der Waals surface area contributed by atoms with Gasteiger partial charge in [-0.25, -0.2) is 9.67 Å². The van der Waals surface area contributed by atoms with Crippen molar-refractivity contribution in [3.8, 4) is 5.69 Å². The molecular formula is C20H23N5. The van der Waals surface area contributed by atoms with Gasteiger partial charge in [-0.2, -0.15) is 5.10 Å². The Balaban J connectivity index is 1.70. The predicted molar refractivity (Wildman–Crippen MR) is 102 cm³/mol. The van der Waals surface area contributed by atoms with Gasteiger partial charge in [-0.3, -0.25) is 0 Å². The number of rotatable bonds is 6. The maximum atomic E-state index is 4.66. The Morgan fingerprint density at radius 3 is 2.56 bits per heavy atom. The summed E-state index contributed by atoms with van der Waals surface area (Å²) in [5.41, 5.74) is 3.42. The second kappa shape index (κ2) is 8.68. The third-order valence-electron chi connectivity index (χ3n) is 3.80. The highest BCUT2D eigenvalue weighted by Crippen LogP contribution is 2.13. The smallest absolute Gasteiger partial charge is 0.191 e. The van der Waals surface area contributed by atoms with Crippen LogP contribution in [0.3, 0.4) is 0 Å². The first-order valence-corrected chi connectivity index (χ1v) is 8.51. The van der Waals surface area contributed by atoms with Crippen LogP contribution in [-0.4, -0.2) is 22.3 Å². The maximum absolute atomic E-state index is 4.66. The minimum atomic E-state index is 0.650. The van der Waals surface area contributed by atoms with Crippen LogP contribution in [0.5, 0.6) is 0 Å². The van der Waals surface area contributed by atoms with Gasteiger partial charge < -0.3 is 10.6 Å². The van der Waals surface area contributed by atoms with Crippen LogP contribution in [0.4, 0.5) is 0 Å². The van der Waals surface area contributed by atoms with Crippen molar-refractivity contribution in [2.45, 2.75) is 20.0 Å². The van der Waals surface area contributed by atoms with E-state index in [-0.39, 0.29) is 0 Å². The number of benzene rings is 2. The van der Waals surface area contributed by atoms with E-state index in [1.165, 1.54) is 5.56 Å². The quantitative estimate of drug-likeness (QED) is 0.538. The number of hydrogen-bond donors (Lipinski definition) is 2. The van der Waals surface area contributed by atoms with Crippen LogP contribution in [0.15, 0.2) is 78.0 Å². The van der Waals surface area contributed by atoms with Crippen LogP contribution in [0.25, 0.3) is 5.69 Å². The predicted octanol–water partition coefficient (Wildman–Crippen LogP) is 3.13. The maximum Gasteiger partial charge on any atom is 0.191 e. The SMILES string of the molecule is CCNC(=NCc1ccccc1)NCc1ccccc1-n1cccn1. The van der Waals surface area contributed by atoms with Gasteiger partial charge in [-0.05, 0) is 30.2 Å². The van der Waals surface area contributed by atoms with Crippen LogP contribution in [0.1, 0.15) is 18.1 Å². The normalized spacial score (nSPS) is 11.3. The van der Waals surface area contributed by atoms with E-state index in [4.69, 9.17) is 0 Å². The lowest BCUT2D eigenvalue weighted by Crippen LogP contribution is -2.37. The summed E-state index contributed by atoms with van der Waals surface area (Å²) in [6.45, 7) is 4.21. The molecule has 0 aliphatic rings. The molecule has 0 saturated heterocycles. The first kappa shape index (κ1) is 16.8. The third kappa shape index (κ3) is 4.70. The Morgan fingerprint density at radius 1 is 1.00 bits per heavy atom. The Labute approximate surface area is 148 Å². The van der Waals surface area contributed by atoms with E-state index in [1.807, 2.05) is 47.3 Å². The van der Waals surface area contributed by atoms with Gasteiger partial charge in [0, 0.05) is 25.5 Å². The Kier molecular flexibility index (Phi) is 5.82. The average Bonchev–Trinajstić information content (AvgIpc) is 3.20. The van der Waals surface area contributed by atoms with Crippen molar-refractivity contribution in [2.24, 2.45) is 4.99 Å². The summed E-state index contributed by atoms with van der Waals surface area (Å²) in [6, 6.07) is 20.4. The molecule has 128 valence electrons. The molecule has 0 amide bonds. The molecule has 3 aromatic rings. The molecule has 5 heteroatoms. The molecule has 0 atom stereocenters. The van der Waals surface area contributed by atoms with Crippen molar-refractivity contribution in [1.82, 2.24) is 20.4 Å². The summed E-state index contributed by atoms with van der Waals surface area (Å²) >= 11 is 0. The highest BCUT2D eigenvalue weighted by molar-refractivity contribution is 5.79. The lowest BCUT2D eigenvalue weighted by atomic mass is 10.2. The fourth-order valence-corrected chi connectivity index (χ4v) is 2.57. The largest absolute Gasteiger partial charge is 0.357 e. The van der Waals surface area contributed by atoms with Gasteiger partial charge in [0.05, 0.1) is 12.2 Å². The molecule has 0 bridgehead atoms. The number of aromatic nitrogens is 2. The first-order valence-electron chi connectivity index (χ1n) is 8.51. The molecule has 0 fully saturated rings. The lowest BCUT2D eigenvalue weighted by Gasteiger charge is -2.14. The monoisotopic (exact) mass is 333 g/mol. The van der Waals surface area contributed by atoms with Crippen LogP contribution in [0.2, 0.25) is 0 Å². The number of guanidine groups is 1. The third-order valence-corrected chi connectivity index (χ3v) is 3.80. The summed E-state index contributed by atoms with van der Waals surface area (Å²) in [7, 11) is 0. The van der Waals surface area contributed by atoms with E-state index in [0.29, 0.717) is 13.1 Å². The molecular weight excluding hydrogens is 310 g/mol. The molecule has 25 heavy (non-hydrogen) atoms. The van der Waals surface area contributed by atoms with Gasteiger partial charge in [0.25, 0.3) is 0 Å². The van der Waals surface area contributed by atoms with Crippen molar-refractivity contribution in [2.75, 3.05) is 6.54 Å². The topological polar surface area (TPSA) is 54.2 Å². The van der Waals surface area contributed by atoms with Gasteiger partial charge >= 0.3 is 0 Å². The molecule has 0 unspecified atom stereocenters. The second-order valence-electron chi connectivity index (χ2n) is 5.61. The van der Waals surface area contributed by atoms with Gasteiger partial charge in [0.2, 0.25) is 0 Å². The van der Waals surface area contributed by atoms with Crippen LogP contribution < -0.4 is 10.6 Å². The molecule has 3 rings (SSSR count). The van der Waals surface area contributed by atoms with E-state index in [2.05, 4.69) is 51.9 Å². The molecule has 2 N–H and O–H groups in total. The molecule has 0 aliphatic heterocycles. The lowest BCUT2D eigenvalue weighted by molar-refractivity contribution is 0.796. The average molecular weight is 333 g/mol. The van der Waals surface area contributed by atoms with E-state index >= 15 is 0 Å². The summed E-state index contributed by atoms with van der Waals surface area (Å²) in [5, 5.41) is 11.0. The minimum Gasteiger partial charge on any atom is -0.357 e. The van der Waals surface area contributed by atoms with Crippen molar-refractivity contribution in [1.29, 1.82) is 0 Å². The first-order chi connectivity index (χ1) is 12.4. The molecule has 0 spiro atoms. The van der Waals surface area contributed by atoms with Gasteiger partial charge in [0.15, 0.2) is 5.96 Å². The van der Waals surface area contributed by atoms with E-state index in [9.17, 15) is 0 Å². The molecule has 0 saturated carbocycles. The Morgan fingerprint density at radius 2 is 1.80 bits per heavy atom. The highest BCUT2D eigenvalue weighted by Gasteiger charge is 2.05. The standard InChI is InChI=1S/C20H23N5/c1-2-21-20(22-15-17-9-4-3-5-10-17)23-16-18-11-6-7-12-19(18)25-14-8-13-24-25/h3-14H,2,15-16H2,1H3,(H2,21,22,23). The zero-order valence-corrected chi connectivity index (χ0v) is 14.4. The van der Waals surface area contributed by atoms with Crippen molar-refractivity contribution < 1.29 is 0 Å². The fourth-order valence-electron chi connectivity index (χ4n) is 2.57. The Bertz CT molecular complexity index is 794. The summed E-state index contributed by atoms with van der Waals surface area (Å²) < 4.78 is 1.88. The highest BCUT2D eigenvalue weighted by atomic mass is 15.3. The van der Waals surface area contributed by atoms with Crippen LogP contribution in [0, 0.1) is 0 Å². The van der Waals surface area contributed by atoms with Gasteiger partial charge in [0.1, 0.15) is 0 Å². The van der Waals surface area contributed by atoms with Gasteiger partial charge in [-0.15, -0.1) is 0 Å². The molecule has 1 heterocycles. The van der Waals surface area contributed by atoms with E-state index in [1.54, 1.807) is 6.20 Å². The summed E-state index contributed by atoms with van der Waals surface area (Å²) in [6.07, 6.45) is 3.74. The van der Waals surface area contributed by atoms with Crippen LogP contribution >= 0.6 is 0 Å². The zero-order valence-electron chi connectivity index (χ0n) is 14.4. The molecule has 2 aromatic carbocycles. The molecule has 1 aromatic heterocycles. The molecule has 0 aliphatic carbocycles. The van der Waals surface area contributed by atoms with Gasteiger partial charge in [-0.1, -0.05) is 48.5 Å². The molecule has 5 nitrogen and oxygen atoms in total. The number of hydrogen-bond acceptors (Lipinski definition) is 2. The number of nitrogens with one attached hydrogen (secondary N) is 2. The summed E-state index contributed by atoms with van der Waals surface area (Å²) in [5.74, 6) is 0.807. The zero-order chi connectivity index (χ0) is 17.3. The molecule has 0 radical (unpaired) electrons. The Hall–Kier alpha value is -3.08. The number of nitrogens with zero attached hydrogens (tertiary/aromatic N) is 3. The van der Waals surface area contributed by atoms with Crippen molar-refractivity contribution in [3.05, 3.63) is 84.2 Å². The fraction of sp³-hybridized carbons (Fsp3) is 0.200. The summed E-state index contributed by atoms with van der Waals surface area (Å²) in [4.78, 5) is 4.66. The second-order valence-corrected chi connectivity index (χ2v) is 5.61. The number of aliphatic imine (C=N–C) groups is 1.